The van der Waals surface area contributed by atoms with Crippen molar-refractivity contribution >= 4 is 5.78 Å². The molecule has 0 atom stereocenters. The van der Waals surface area contributed by atoms with Crippen LogP contribution in [0.15, 0.2) is 42.5 Å². The number of hydrogen-bond acceptors (Lipinski definition) is 3. The fraction of sp³-hybridized carbons (Fsp3) is 0.188. The molecule has 0 unspecified atom stereocenters. The van der Waals surface area contributed by atoms with Gasteiger partial charge in [-0.2, -0.15) is 4.89 Å². The van der Waals surface area contributed by atoms with E-state index < -0.39 is 0 Å². The van der Waals surface area contributed by atoms with Gasteiger partial charge in [-0.05, 0) is 24.6 Å². The molecule has 1 heterocycles. The highest BCUT2D eigenvalue weighted by Crippen LogP contribution is 2.27. The van der Waals surface area contributed by atoms with Gasteiger partial charge in [-0.25, -0.2) is 0 Å². The lowest BCUT2D eigenvalue weighted by Crippen LogP contribution is -2.03. The van der Waals surface area contributed by atoms with Crippen LogP contribution in [0.4, 0.5) is 0 Å². The van der Waals surface area contributed by atoms with E-state index in [0.29, 0.717) is 13.0 Å². The number of aryl methyl sites for hydroxylation is 1. The minimum Gasteiger partial charge on any atom is -0.337 e. The van der Waals surface area contributed by atoms with Crippen LogP contribution in [0.25, 0.3) is 0 Å². The molecule has 0 spiro atoms. The first-order chi connectivity index (χ1) is 9.22. The summed E-state index contributed by atoms with van der Waals surface area (Å²) in [5, 5.41) is 0. The normalized spacial score (nSPS) is 12.9. The second-order valence-electron chi connectivity index (χ2n) is 4.75. The van der Waals surface area contributed by atoms with Gasteiger partial charge in [0.1, 0.15) is 6.61 Å². The van der Waals surface area contributed by atoms with Gasteiger partial charge >= 0.3 is 0 Å². The molecule has 1 aliphatic heterocycles. The van der Waals surface area contributed by atoms with E-state index in [9.17, 15) is 4.79 Å². The predicted molar refractivity (Wildman–Crippen MR) is 71.1 cm³/mol. The summed E-state index contributed by atoms with van der Waals surface area (Å²) in [6, 6.07) is 13.4. The zero-order chi connectivity index (χ0) is 13.2. The van der Waals surface area contributed by atoms with Gasteiger partial charge in [0.15, 0.2) is 11.5 Å². The van der Waals surface area contributed by atoms with Gasteiger partial charge < -0.3 is 4.89 Å². The summed E-state index contributed by atoms with van der Waals surface area (Å²) < 4.78 is 0. The van der Waals surface area contributed by atoms with Crippen LogP contribution in [0.3, 0.4) is 0 Å². The maximum atomic E-state index is 12.2. The minimum absolute atomic E-state index is 0.125. The van der Waals surface area contributed by atoms with Crippen molar-refractivity contribution in [2.45, 2.75) is 20.0 Å². The Morgan fingerprint density at radius 3 is 2.74 bits per heavy atom. The molecule has 0 radical (unpaired) electrons. The Morgan fingerprint density at radius 1 is 1.16 bits per heavy atom. The summed E-state index contributed by atoms with van der Waals surface area (Å²) >= 11 is 0. The van der Waals surface area contributed by atoms with Crippen LogP contribution in [0.1, 0.15) is 27.0 Å². The first kappa shape index (κ1) is 11.9. The second-order valence-corrected chi connectivity index (χ2v) is 4.75. The van der Waals surface area contributed by atoms with Gasteiger partial charge in [0, 0.05) is 17.5 Å². The van der Waals surface area contributed by atoms with Crippen molar-refractivity contribution < 1.29 is 14.6 Å². The van der Waals surface area contributed by atoms with Gasteiger partial charge in [-0.3, -0.25) is 4.79 Å². The molecule has 19 heavy (non-hydrogen) atoms. The Bertz CT molecular complexity index is 614. The molecule has 0 amide bonds. The van der Waals surface area contributed by atoms with E-state index in [1.165, 1.54) is 0 Å². The summed E-state index contributed by atoms with van der Waals surface area (Å²) in [6.45, 7) is 2.46. The van der Waals surface area contributed by atoms with Crippen LogP contribution in [0.5, 0.6) is 5.75 Å². The molecule has 3 heteroatoms. The third-order valence-corrected chi connectivity index (χ3v) is 3.23. The van der Waals surface area contributed by atoms with Gasteiger partial charge in [0.05, 0.1) is 0 Å². The van der Waals surface area contributed by atoms with Gasteiger partial charge in [-0.1, -0.05) is 35.9 Å². The lowest BCUT2D eigenvalue weighted by molar-refractivity contribution is -0.194. The molecule has 2 aromatic carbocycles. The monoisotopic (exact) mass is 254 g/mol. The molecular formula is C16H14O3. The SMILES string of the molecule is Cc1ccc(C(=O)Cc2ccc3c(c2)COO3)cc1. The molecule has 0 N–H and O–H groups in total. The highest BCUT2D eigenvalue weighted by molar-refractivity contribution is 5.97. The fourth-order valence-electron chi connectivity index (χ4n) is 2.12. The zero-order valence-electron chi connectivity index (χ0n) is 10.7. The molecule has 3 rings (SSSR count). The van der Waals surface area contributed by atoms with Crippen molar-refractivity contribution in [1.29, 1.82) is 0 Å². The number of carbonyl (C=O) groups excluding carboxylic acids is 1. The molecule has 0 fully saturated rings. The number of fused-ring (bicyclic) bond motifs is 1. The molecular weight excluding hydrogens is 240 g/mol. The highest BCUT2D eigenvalue weighted by Gasteiger charge is 2.15. The van der Waals surface area contributed by atoms with E-state index in [1.54, 1.807) is 0 Å². The van der Waals surface area contributed by atoms with E-state index in [2.05, 4.69) is 0 Å². The average molecular weight is 254 g/mol. The third-order valence-electron chi connectivity index (χ3n) is 3.23. The lowest BCUT2D eigenvalue weighted by Gasteiger charge is -2.03. The summed E-state index contributed by atoms with van der Waals surface area (Å²) in [7, 11) is 0. The largest absolute Gasteiger partial charge is 0.337 e. The van der Waals surface area contributed by atoms with Crippen molar-refractivity contribution in [3.8, 4) is 5.75 Å². The number of rotatable bonds is 3. The summed E-state index contributed by atoms with van der Waals surface area (Å²) in [5.41, 5.74) is 3.88. The van der Waals surface area contributed by atoms with Crippen LogP contribution in [0.2, 0.25) is 0 Å². The van der Waals surface area contributed by atoms with Gasteiger partial charge in [0.2, 0.25) is 0 Å². The van der Waals surface area contributed by atoms with Crippen molar-refractivity contribution in [3.63, 3.8) is 0 Å². The van der Waals surface area contributed by atoms with E-state index >= 15 is 0 Å². The maximum Gasteiger partial charge on any atom is 0.171 e. The standard InChI is InChI=1S/C16H14O3/c1-11-2-5-13(6-3-11)15(17)9-12-4-7-16-14(8-12)10-18-19-16/h2-8H,9-10H2,1H3. The Labute approximate surface area is 111 Å². The summed E-state index contributed by atoms with van der Waals surface area (Å²) in [5.74, 6) is 0.867. The average Bonchev–Trinajstić information content (AvgIpc) is 2.87. The molecule has 96 valence electrons. The summed E-state index contributed by atoms with van der Waals surface area (Å²) in [4.78, 5) is 22.0. The lowest BCUT2D eigenvalue weighted by atomic mass is 10.0. The molecule has 0 bridgehead atoms. The third kappa shape index (κ3) is 2.51. The fourth-order valence-corrected chi connectivity index (χ4v) is 2.12. The number of carbonyl (C=O) groups is 1. The van der Waals surface area contributed by atoms with Crippen molar-refractivity contribution in [2.75, 3.05) is 0 Å². The van der Waals surface area contributed by atoms with Crippen LogP contribution in [0, 0.1) is 6.92 Å². The Hall–Kier alpha value is -2.13. The molecule has 2 aromatic rings. The first-order valence-electron chi connectivity index (χ1n) is 6.23. The topological polar surface area (TPSA) is 35.5 Å². The van der Waals surface area contributed by atoms with E-state index in [4.69, 9.17) is 9.78 Å². The van der Waals surface area contributed by atoms with Crippen molar-refractivity contribution in [1.82, 2.24) is 0 Å². The Kier molecular flexibility index (Phi) is 3.05. The predicted octanol–water partition coefficient (Wildman–Crippen LogP) is 3.24. The zero-order valence-corrected chi connectivity index (χ0v) is 10.7. The van der Waals surface area contributed by atoms with Crippen LogP contribution in [-0.2, 0) is 17.9 Å². The molecule has 1 aliphatic rings. The molecule has 0 saturated heterocycles. The number of Topliss-reactive ketones (excluding diaryl/α,β-unsaturated/α-hetero) is 1. The Balaban J connectivity index is 1.77. The van der Waals surface area contributed by atoms with Crippen LogP contribution < -0.4 is 4.89 Å². The molecule has 3 nitrogen and oxygen atoms in total. The number of benzene rings is 2. The Morgan fingerprint density at radius 2 is 1.95 bits per heavy atom. The van der Waals surface area contributed by atoms with Crippen molar-refractivity contribution in [3.05, 3.63) is 64.7 Å². The van der Waals surface area contributed by atoms with Gasteiger partial charge in [-0.15, -0.1) is 0 Å². The minimum atomic E-state index is 0.125. The molecule has 0 aliphatic carbocycles. The smallest absolute Gasteiger partial charge is 0.171 e. The van der Waals surface area contributed by atoms with Crippen LogP contribution >= 0.6 is 0 Å². The van der Waals surface area contributed by atoms with Crippen LogP contribution in [-0.4, -0.2) is 5.78 Å². The van der Waals surface area contributed by atoms with E-state index in [-0.39, 0.29) is 5.78 Å². The van der Waals surface area contributed by atoms with Gasteiger partial charge in [0.25, 0.3) is 0 Å². The summed E-state index contributed by atoms with van der Waals surface area (Å²) in [6.07, 6.45) is 0.399. The molecule has 0 aromatic heterocycles. The first-order valence-corrected chi connectivity index (χ1v) is 6.23. The van der Waals surface area contributed by atoms with Crippen molar-refractivity contribution in [2.24, 2.45) is 0 Å². The molecule has 0 saturated carbocycles. The number of hydrogen-bond donors (Lipinski definition) is 0. The second kappa shape index (κ2) is 4.86. The maximum absolute atomic E-state index is 12.2. The van der Waals surface area contributed by atoms with E-state index in [0.717, 1.165) is 28.0 Å². The quantitative estimate of drug-likeness (QED) is 0.623. The van der Waals surface area contributed by atoms with E-state index in [1.807, 2.05) is 49.4 Å². The number of ketones is 1. The highest BCUT2D eigenvalue weighted by atomic mass is 17.2.